The molecule has 0 bridgehead atoms. The topological polar surface area (TPSA) is 71.1 Å². The van der Waals surface area contributed by atoms with Gasteiger partial charge in [0.15, 0.2) is 0 Å². The summed E-state index contributed by atoms with van der Waals surface area (Å²) in [5.41, 5.74) is 0.783. The van der Waals surface area contributed by atoms with Crippen LogP contribution in [0.25, 0.3) is 10.9 Å². The first-order chi connectivity index (χ1) is 12.9. The van der Waals surface area contributed by atoms with E-state index in [2.05, 4.69) is 15.6 Å². The Bertz CT molecular complexity index is 996. The molecule has 3 rings (SSSR count). The highest BCUT2D eigenvalue weighted by molar-refractivity contribution is 6.31. The molecular formula is C21H20ClN3O2. The summed E-state index contributed by atoms with van der Waals surface area (Å²) in [6.45, 7) is 3.43. The first kappa shape index (κ1) is 18.9. The van der Waals surface area contributed by atoms with Gasteiger partial charge in [0.1, 0.15) is 5.41 Å². The van der Waals surface area contributed by atoms with Gasteiger partial charge in [0.05, 0.1) is 11.2 Å². The summed E-state index contributed by atoms with van der Waals surface area (Å²) in [6, 6.07) is 16.5. The molecule has 6 heteroatoms. The second-order valence-electron chi connectivity index (χ2n) is 6.73. The van der Waals surface area contributed by atoms with E-state index in [0.29, 0.717) is 16.2 Å². The van der Waals surface area contributed by atoms with Crippen LogP contribution in [0, 0.1) is 5.41 Å². The summed E-state index contributed by atoms with van der Waals surface area (Å²) < 4.78 is 0. The SMILES string of the molecule is CC(C)(C(=O)NCc1ccccc1Cl)C(=O)Nc1cccc2cccnc12. The van der Waals surface area contributed by atoms with Crippen LogP contribution in [-0.2, 0) is 16.1 Å². The molecular weight excluding hydrogens is 362 g/mol. The number of amides is 2. The van der Waals surface area contributed by atoms with E-state index in [1.54, 1.807) is 32.2 Å². The van der Waals surface area contributed by atoms with Gasteiger partial charge in [0.25, 0.3) is 0 Å². The third kappa shape index (κ3) is 4.09. The Hall–Kier alpha value is -2.92. The Morgan fingerprint density at radius 2 is 1.74 bits per heavy atom. The molecule has 0 atom stereocenters. The number of hydrogen-bond acceptors (Lipinski definition) is 3. The number of carbonyl (C=O) groups is 2. The minimum absolute atomic E-state index is 0.255. The molecule has 0 aliphatic heterocycles. The van der Waals surface area contributed by atoms with Crippen LogP contribution < -0.4 is 10.6 Å². The molecule has 2 aromatic carbocycles. The van der Waals surface area contributed by atoms with Gasteiger partial charge in [-0.2, -0.15) is 0 Å². The van der Waals surface area contributed by atoms with Crippen LogP contribution in [0.4, 0.5) is 5.69 Å². The molecule has 0 saturated carbocycles. The number of para-hydroxylation sites is 1. The monoisotopic (exact) mass is 381 g/mol. The standard InChI is InChI=1S/C21H20ClN3O2/c1-21(2,19(26)24-13-15-7-3-4-10-16(15)22)20(27)25-17-11-5-8-14-9-6-12-23-18(14)17/h3-12H,13H2,1-2H3,(H,24,26)(H,25,27). The molecule has 0 aliphatic rings. The van der Waals surface area contributed by atoms with Crippen molar-refractivity contribution in [1.82, 2.24) is 10.3 Å². The van der Waals surface area contributed by atoms with E-state index in [1.807, 2.05) is 42.5 Å². The molecule has 2 amide bonds. The van der Waals surface area contributed by atoms with E-state index in [9.17, 15) is 9.59 Å². The third-order valence-corrected chi connectivity index (χ3v) is 4.78. The number of aromatic nitrogens is 1. The van der Waals surface area contributed by atoms with Crippen molar-refractivity contribution in [2.75, 3.05) is 5.32 Å². The van der Waals surface area contributed by atoms with Crippen LogP contribution >= 0.6 is 11.6 Å². The van der Waals surface area contributed by atoms with Gasteiger partial charge in [0.2, 0.25) is 11.8 Å². The van der Waals surface area contributed by atoms with Crippen LogP contribution in [0.5, 0.6) is 0 Å². The maximum Gasteiger partial charge on any atom is 0.239 e. The number of rotatable bonds is 5. The fraction of sp³-hybridized carbons (Fsp3) is 0.190. The summed E-state index contributed by atoms with van der Waals surface area (Å²) in [6.07, 6.45) is 1.67. The number of hydrogen-bond donors (Lipinski definition) is 2. The molecule has 0 aliphatic carbocycles. The molecule has 1 aromatic heterocycles. The number of fused-ring (bicyclic) bond motifs is 1. The molecule has 0 fully saturated rings. The molecule has 0 unspecified atom stereocenters. The highest BCUT2D eigenvalue weighted by Gasteiger charge is 2.36. The van der Waals surface area contributed by atoms with Crippen LogP contribution in [-0.4, -0.2) is 16.8 Å². The van der Waals surface area contributed by atoms with Gasteiger partial charge in [-0.1, -0.05) is 48.0 Å². The normalized spacial score (nSPS) is 11.2. The van der Waals surface area contributed by atoms with E-state index in [-0.39, 0.29) is 12.5 Å². The molecule has 0 radical (unpaired) electrons. The van der Waals surface area contributed by atoms with Crippen LogP contribution in [0.3, 0.4) is 0 Å². The van der Waals surface area contributed by atoms with Gasteiger partial charge in [-0.05, 0) is 37.6 Å². The molecule has 3 aromatic rings. The Labute approximate surface area is 162 Å². The molecule has 1 heterocycles. The highest BCUT2D eigenvalue weighted by Crippen LogP contribution is 2.24. The second-order valence-corrected chi connectivity index (χ2v) is 7.14. The van der Waals surface area contributed by atoms with Crippen molar-refractivity contribution in [3.8, 4) is 0 Å². The number of benzene rings is 2. The van der Waals surface area contributed by atoms with E-state index in [1.165, 1.54) is 0 Å². The minimum Gasteiger partial charge on any atom is -0.351 e. The number of carbonyl (C=O) groups excluding carboxylic acids is 2. The lowest BCUT2D eigenvalue weighted by atomic mass is 9.90. The van der Waals surface area contributed by atoms with Crippen molar-refractivity contribution < 1.29 is 9.59 Å². The van der Waals surface area contributed by atoms with E-state index in [0.717, 1.165) is 10.9 Å². The van der Waals surface area contributed by atoms with Crippen molar-refractivity contribution in [2.45, 2.75) is 20.4 Å². The van der Waals surface area contributed by atoms with Crippen LogP contribution in [0.15, 0.2) is 60.8 Å². The average Bonchev–Trinajstić information content (AvgIpc) is 2.67. The Kier molecular flexibility index (Phi) is 5.42. The average molecular weight is 382 g/mol. The molecule has 138 valence electrons. The van der Waals surface area contributed by atoms with Crippen molar-refractivity contribution >= 4 is 40.0 Å². The first-order valence-corrected chi connectivity index (χ1v) is 8.94. The van der Waals surface area contributed by atoms with Crippen LogP contribution in [0.2, 0.25) is 5.02 Å². The second kappa shape index (κ2) is 7.76. The number of halogens is 1. The van der Waals surface area contributed by atoms with E-state index in [4.69, 9.17) is 11.6 Å². The molecule has 0 saturated heterocycles. The summed E-state index contributed by atoms with van der Waals surface area (Å²) in [7, 11) is 0. The fourth-order valence-corrected chi connectivity index (χ4v) is 2.83. The van der Waals surface area contributed by atoms with E-state index >= 15 is 0 Å². The summed E-state index contributed by atoms with van der Waals surface area (Å²) >= 11 is 6.11. The zero-order valence-corrected chi connectivity index (χ0v) is 15.9. The Morgan fingerprint density at radius 3 is 2.52 bits per heavy atom. The molecule has 0 spiro atoms. The lowest BCUT2D eigenvalue weighted by Gasteiger charge is -2.23. The molecule has 5 nitrogen and oxygen atoms in total. The van der Waals surface area contributed by atoms with Crippen molar-refractivity contribution in [1.29, 1.82) is 0 Å². The predicted octanol–water partition coefficient (Wildman–Crippen LogP) is 4.17. The quantitative estimate of drug-likeness (QED) is 0.651. The van der Waals surface area contributed by atoms with Gasteiger partial charge in [-0.25, -0.2) is 0 Å². The lowest BCUT2D eigenvalue weighted by molar-refractivity contribution is -0.138. The zero-order chi connectivity index (χ0) is 19.4. The fourth-order valence-electron chi connectivity index (χ4n) is 2.62. The Balaban J connectivity index is 1.72. The van der Waals surface area contributed by atoms with E-state index < -0.39 is 11.3 Å². The number of anilines is 1. The van der Waals surface area contributed by atoms with Gasteiger partial charge in [-0.15, -0.1) is 0 Å². The largest absolute Gasteiger partial charge is 0.351 e. The zero-order valence-electron chi connectivity index (χ0n) is 15.1. The maximum atomic E-state index is 12.8. The number of pyridine rings is 1. The lowest BCUT2D eigenvalue weighted by Crippen LogP contribution is -2.44. The van der Waals surface area contributed by atoms with Crippen molar-refractivity contribution in [2.24, 2.45) is 5.41 Å². The number of nitrogens with zero attached hydrogens (tertiary/aromatic N) is 1. The molecule has 2 N–H and O–H groups in total. The summed E-state index contributed by atoms with van der Waals surface area (Å²) in [5, 5.41) is 7.10. The summed E-state index contributed by atoms with van der Waals surface area (Å²) in [5.74, 6) is -0.787. The van der Waals surface area contributed by atoms with Crippen molar-refractivity contribution in [3.05, 3.63) is 71.4 Å². The Morgan fingerprint density at radius 1 is 1.00 bits per heavy atom. The third-order valence-electron chi connectivity index (χ3n) is 4.41. The van der Waals surface area contributed by atoms with Crippen LogP contribution in [0.1, 0.15) is 19.4 Å². The number of nitrogens with one attached hydrogen (secondary N) is 2. The highest BCUT2D eigenvalue weighted by atomic mass is 35.5. The van der Waals surface area contributed by atoms with Gasteiger partial charge < -0.3 is 10.6 Å². The minimum atomic E-state index is -1.27. The molecule has 27 heavy (non-hydrogen) atoms. The summed E-state index contributed by atoms with van der Waals surface area (Å²) in [4.78, 5) is 29.7. The first-order valence-electron chi connectivity index (χ1n) is 8.56. The van der Waals surface area contributed by atoms with Gasteiger partial charge in [-0.3, -0.25) is 14.6 Å². The van der Waals surface area contributed by atoms with Gasteiger partial charge in [0, 0.05) is 23.2 Å². The predicted molar refractivity (Wildman–Crippen MR) is 107 cm³/mol. The van der Waals surface area contributed by atoms with Crippen molar-refractivity contribution in [3.63, 3.8) is 0 Å². The smallest absolute Gasteiger partial charge is 0.239 e. The maximum absolute atomic E-state index is 12.8. The van der Waals surface area contributed by atoms with Gasteiger partial charge >= 0.3 is 0 Å².